The number of allylic oxidation sites excluding steroid dienone is 2. The monoisotopic (exact) mass is 402 g/mol. The maximum atomic E-state index is 13.0. The van der Waals surface area contributed by atoms with Gasteiger partial charge in [0.15, 0.2) is 0 Å². The summed E-state index contributed by atoms with van der Waals surface area (Å²) in [5.41, 5.74) is 1.67. The highest BCUT2D eigenvalue weighted by molar-refractivity contribution is 7.17. The molecule has 1 aromatic heterocycles. The van der Waals surface area contributed by atoms with Crippen LogP contribution in [-0.2, 0) is 22.4 Å². The fraction of sp³-hybridized carbons (Fsp3) is 0.571. The van der Waals surface area contributed by atoms with Crippen LogP contribution < -0.4 is 10.6 Å². The molecule has 3 aliphatic rings. The van der Waals surface area contributed by atoms with Crippen LogP contribution in [-0.4, -0.2) is 28.9 Å². The molecule has 2 amide bonds. The Balaban J connectivity index is 1.55. The Morgan fingerprint density at radius 2 is 1.71 bits per heavy atom. The molecule has 1 fully saturated rings. The molecule has 0 unspecified atom stereocenters. The summed E-state index contributed by atoms with van der Waals surface area (Å²) in [4.78, 5) is 38.6. The molecule has 2 atom stereocenters. The lowest BCUT2D eigenvalue weighted by atomic mass is 9.82. The number of anilines is 1. The molecule has 3 aliphatic carbocycles. The highest BCUT2D eigenvalue weighted by Crippen LogP contribution is 2.40. The van der Waals surface area contributed by atoms with E-state index in [9.17, 15) is 19.5 Å². The predicted octanol–water partition coefficient (Wildman–Crippen LogP) is 3.51. The molecule has 28 heavy (non-hydrogen) atoms. The zero-order chi connectivity index (χ0) is 19.7. The molecule has 4 rings (SSSR count). The van der Waals surface area contributed by atoms with Crippen LogP contribution >= 0.6 is 11.3 Å². The van der Waals surface area contributed by atoms with Crippen LogP contribution in [0.1, 0.15) is 65.7 Å². The summed E-state index contributed by atoms with van der Waals surface area (Å²) in [7, 11) is 0. The Morgan fingerprint density at radius 1 is 1.00 bits per heavy atom. The zero-order valence-electron chi connectivity index (χ0n) is 15.8. The van der Waals surface area contributed by atoms with Gasteiger partial charge in [-0.15, -0.1) is 11.3 Å². The van der Waals surface area contributed by atoms with Crippen LogP contribution in [0, 0.1) is 11.8 Å². The molecule has 0 aliphatic heterocycles. The van der Waals surface area contributed by atoms with Gasteiger partial charge in [-0.25, -0.2) is 0 Å². The van der Waals surface area contributed by atoms with Crippen LogP contribution in [0.25, 0.3) is 0 Å². The molecule has 0 aromatic carbocycles. The number of nitrogens with one attached hydrogen (secondary N) is 2. The second kappa shape index (κ2) is 8.07. The predicted molar refractivity (Wildman–Crippen MR) is 108 cm³/mol. The molecular weight excluding hydrogens is 376 g/mol. The third-order valence-corrected chi connectivity index (χ3v) is 7.37. The quantitative estimate of drug-likeness (QED) is 0.657. The molecule has 7 heteroatoms. The highest BCUT2D eigenvalue weighted by atomic mass is 32.1. The summed E-state index contributed by atoms with van der Waals surface area (Å²) in [6, 6.07) is 0.216. The van der Waals surface area contributed by atoms with Crippen molar-refractivity contribution in [3.8, 4) is 0 Å². The number of aryl methyl sites for hydroxylation is 1. The van der Waals surface area contributed by atoms with E-state index in [-0.39, 0.29) is 17.9 Å². The van der Waals surface area contributed by atoms with Gasteiger partial charge in [-0.1, -0.05) is 25.0 Å². The third-order valence-electron chi connectivity index (χ3n) is 6.16. The topological polar surface area (TPSA) is 95.5 Å². The van der Waals surface area contributed by atoms with E-state index in [1.807, 2.05) is 12.2 Å². The number of carboxylic acid groups (broad SMARTS) is 1. The van der Waals surface area contributed by atoms with Crippen molar-refractivity contribution in [2.24, 2.45) is 11.8 Å². The van der Waals surface area contributed by atoms with Crippen LogP contribution in [0.15, 0.2) is 12.2 Å². The molecular formula is C21H26N2O4S. The van der Waals surface area contributed by atoms with E-state index in [1.165, 1.54) is 16.2 Å². The van der Waals surface area contributed by atoms with E-state index < -0.39 is 17.8 Å². The van der Waals surface area contributed by atoms with Crippen molar-refractivity contribution in [2.45, 2.75) is 63.8 Å². The van der Waals surface area contributed by atoms with Crippen molar-refractivity contribution in [1.82, 2.24) is 5.32 Å². The molecule has 3 N–H and O–H groups in total. The number of rotatable bonds is 5. The smallest absolute Gasteiger partial charge is 0.307 e. The van der Waals surface area contributed by atoms with E-state index in [4.69, 9.17) is 0 Å². The van der Waals surface area contributed by atoms with Gasteiger partial charge < -0.3 is 15.7 Å². The number of carbonyl (C=O) groups is 3. The molecule has 0 bridgehead atoms. The molecule has 1 saturated carbocycles. The maximum absolute atomic E-state index is 13.0. The lowest BCUT2D eigenvalue weighted by Crippen LogP contribution is -2.36. The van der Waals surface area contributed by atoms with Gasteiger partial charge in [0, 0.05) is 10.9 Å². The minimum Gasteiger partial charge on any atom is -0.481 e. The Kier molecular flexibility index (Phi) is 5.53. The number of hydrogen-bond donors (Lipinski definition) is 3. The van der Waals surface area contributed by atoms with Crippen molar-refractivity contribution in [2.75, 3.05) is 5.32 Å². The Morgan fingerprint density at radius 3 is 2.43 bits per heavy atom. The molecule has 0 saturated heterocycles. The van der Waals surface area contributed by atoms with E-state index in [1.54, 1.807) is 0 Å². The van der Waals surface area contributed by atoms with Crippen molar-refractivity contribution in [3.05, 3.63) is 28.2 Å². The normalized spacial score (nSPS) is 24.1. The molecule has 1 aromatic rings. The Hall–Kier alpha value is -2.15. The summed E-state index contributed by atoms with van der Waals surface area (Å²) in [6.45, 7) is 0. The van der Waals surface area contributed by atoms with Gasteiger partial charge in [0.1, 0.15) is 5.00 Å². The number of carboxylic acids is 1. The van der Waals surface area contributed by atoms with Gasteiger partial charge in [0.2, 0.25) is 5.91 Å². The van der Waals surface area contributed by atoms with Gasteiger partial charge >= 0.3 is 5.97 Å². The molecule has 1 heterocycles. The highest BCUT2D eigenvalue weighted by Gasteiger charge is 2.36. The first-order chi connectivity index (χ1) is 13.5. The number of aliphatic carboxylic acids is 1. The van der Waals surface area contributed by atoms with Gasteiger partial charge in [-0.3, -0.25) is 14.4 Å². The number of amides is 2. The molecule has 0 spiro atoms. The summed E-state index contributed by atoms with van der Waals surface area (Å²) in [5, 5.41) is 16.1. The first-order valence-corrected chi connectivity index (χ1v) is 11.0. The zero-order valence-corrected chi connectivity index (χ0v) is 16.6. The number of fused-ring (bicyclic) bond motifs is 1. The Bertz CT molecular complexity index is 823. The van der Waals surface area contributed by atoms with Crippen LogP contribution in [0.4, 0.5) is 5.00 Å². The summed E-state index contributed by atoms with van der Waals surface area (Å²) < 4.78 is 0. The summed E-state index contributed by atoms with van der Waals surface area (Å²) in [6.07, 6.45) is 11.6. The lowest BCUT2D eigenvalue weighted by molar-refractivity contribution is -0.146. The second-order valence-electron chi connectivity index (χ2n) is 8.00. The lowest BCUT2D eigenvalue weighted by Gasteiger charge is -2.24. The van der Waals surface area contributed by atoms with Crippen molar-refractivity contribution < 1.29 is 19.5 Å². The van der Waals surface area contributed by atoms with E-state index in [2.05, 4.69) is 10.6 Å². The average Bonchev–Trinajstić information content (AvgIpc) is 3.39. The number of thiophene rings is 1. The fourth-order valence-electron chi connectivity index (χ4n) is 4.64. The summed E-state index contributed by atoms with van der Waals surface area (Å²) in [5.74, 6) is -2.67. The minimum atomic E-state index is -0.947. The van der Waals surface area contributed by atoms with Crippen molar-refractivity contribution in [3.63, 3.8) is 0 Å². The third kappa shape index (κ3) is 3.72. The molecule has 6 nitrogen and oxygen atoms in total. The van der Waals surface area contributed by atoms with Crippen LogP contribution in [0.3, 0.4) is 0 Å². The van der Waals surface area contributed by atoms with E-state index in [0.717, 1.165) is 50.5 Å². The Labute approximate surface area is 168 Å². The molecule has 150 valence electrons. The minimum absolute atomic E-state index is 0.0973. The van der Waals surface area contributed by atoms with Crippen molar-refractivity contribution >= 4 is 34.1 Å². The second-order valence-corrected chi connectivity index (χ2v) is 9.10. The number of hydrogen-bond acceptors (Lipinski definition) is 4. The largest absolute Gasteiger partial charge is 0.481 e. The maximum Gasteiger partial charge on any atom is 0.307 e. The van der Waals surface area contributed by atoms with Crippen LogP contribution in [0.2, 0.25) is 0 Å². The van der Waals surface area contributed by atoms with Crippen LogP contribution in [0.5, 0.6) is 0 Å². The van der Waals surface area contributed by atoms with Gasteiger partial charge in [0.05, 0.1) is 17.4 Å². The van der Waals surface area contributed by atoms with Gasteiger partial charge in [-0.2, -0.15) is 0 Å². The van der Waals surface area contributed by atoms with E-state index >= 15 is 0 Å². The first kappa shape index (κ1) is 19.2. The van der Waals surface area contributed by atoms with Crippen molar-refractivity contribution in [1.29, 1.82) is 0 Å². The fourth-order valence-corrected chi connectivity index (χ4v) is 5.93. The number of carbonyl (C=O) groups excluding carboxylic acids is 2. The van der Waals surface area contributed by atoms with Gasteiger partial charge in [0.25, 0.3) is 5.91 Å². The van der Waals surface area contributed by atoms with E-state index in [0.29, 0.717) is 23.4 Å². The summed E-state index contributed by atoms with van der Waals surface area (Å²) >= 11 is 1.48. The average molecular weight is 403 g/mol. The SMILES string of the molecule is O=C(NC1CCCC1)c1c(NC(=O)[C@H]2CC=CC[C@@H]2C(=O)O)sc2c1CCC2. The standard InChI is InChI=1S/C21H26N2O4S/c24-18(13-8-3-4-9-14(13)21(26)27)23-20-17(15-10-5-11-16(15)28-20)19(25)22-12-6-1-2-7-12/h3-4,12-14H,1-2,5-11H2,(H,22,25)(H,23,24)(H,26,27)/t13-,14-/m0/s1. The van der Waals surface area contributed by atoms with Gasteiger partial charge in [-0.05, 0) is 50.5 Å². The molecule has 0 radical (unpaired) electrons. The first-order valence-electron chi connectivity index (χ1n) is 10.2.